The number of hydrogen-bond donors (Lipinski definition) is 2. The van der Waals surface area contributed by atoms with Crippen molar-refractivity contribution in [3.8, 4) is 0 Å². The SMILES string of the molecule is C[C@@H]1C2CCC(=C(Cl)Cl)[C@@]2(C)CCC1[C@@]1(C)CC[C@H](O)C[C@@H]1CO. The first-order valence-corrected chi connectivity index (χ1v) is 10.3. The van der Waals surface area contributed by atoms with Gasteiger partial charge in [-0.25, -0.2) is 0 Å². The number of fused-ring (bicyclic) bond motifs is 1. The minimum Gasteiger partial charge on any atom is -0.396 e. The van der Waals surface area contributed by atoms with E-state index in [1.165, 1.54) is 18.4 Å². The molecule has 0 amide bonds. The first kappa shape index (κ1) is 19.0. The van der Waals surface area contributed by atoms with Crippen LogP contribution in [0.3, 0.4) is 0 Å². The number of hydrogen-bond acceptors (Lipinski definition) is 2. The highest BCUT2D eigenvalue weighted by Crippen LogP contribution is 2.64. The van der Waals surface area contributed by atoms with Crippen molar-refractivity contribution < 1.29 is 10.2 Å². The van der Waals surface area contributed by atoms with Gasteiger partial charge in [-0.2, -0.15) is 0 Å². The van der Waals surface area contributed by atoms with E-state index in [1.54, 1.807) is 0 Å². The van der Waals surface area contributed by atoms with Crippen LogP contribution >= 0.6 is 23.2 Å². The molecule has 0 heterocycles. The molecule has 0 aromatic heterocycles. The van der Waals surface area contributed by atoms with Crippen LogP contribution in [0.4, 0.5) is 0 Å². The van der Waals surface area contributed by atoms with Gasteiger partial charge in [0.15, 0.2) is 0 Å². The largest absolute Gasteiger partial charge is 0.396 e. The summed E-state index contributed by atoms with van der Waals surface area (Å²) in [5.74, 6) is 2.05. The third kappa shape index (κ3) is 2.86. The van der Waals surface area contributed by atoms with Crippen molar-refractivity contribution in [3.05, 3.63) is 10.1 Å². The zero-order valence-electron chi connectivity index (χ0n) is 15.2. The molecule has 2 N–H and O–H groups in total. The van der Waals surface area contributed by atoms with Crippen molar-refractivity contribution in [2.45, 2.75) is 71.8 Å². The second kappa shape index (κ2) is 6.76. The molecular formula is C20H32Cl2O2. The van der Waals surface area contributed by atoms with E-state index in [0.29, 0.717) is 22.2 Å². The van der Waals surface area contributed by atoms with Crippen LogP contribution in [0.5, 0.6) is 0 Å². The van der Waals surface area contributed by atoms with Crippen molar-refractivity contribution in [2.75, 3.05) is 6.61 Å². The third-order valence-electron chi connectivity index (χ3n) is 8.26. The molecule has 3 saturated carbocycles. The number of allylic oxidation sites excluding steroid dienone is 1. The molecule has 24 heavy (non-hydrogen) atoms. The normalized spacial score (nSPS) is 49.1. The van der Waals surface area contributed by atoms with Crippen LogP contribution in [-0.2, 0) is 0 Å². The molecule has 4 heteroatoms. The van der Waals surface area contributed by atoms with E-state index in [9.17, 15) is 10.2 Å². The summed E-state index contributed by atoms with van der Waals surface area (Å²) in [7, 11) is 0. The minimum atomic E-state index is -0.240. The summed E-state index contributed by atoms with van der Waals surface area (Å²) in [6.07, 6.45) is 6.91. The molecule has 3 rings (SSSR count). The van der Waals surface area contributed by atoms with Gasteiger partial charge >= 0.3 is 0 Å². The first-order chi connectivity index (χ1) is 11.2. The van der Waals surface area contributed by atoms with Crippen molar-refractivity contribution in [3.63, 3.8) is 0 Å². The minimum absolute atomic E-state index is 0.131. The fraction of sp³-hybridized carbons (Fsp3) is 0.900. The highest BCUT2D eigenvalue weighted by Gasteiger charge is 2.56. The molecule has 0 bridgehead atoms. The highest BCUT2D eigenvalue weighted by atomic mass is 35.5. The maximum atomic E-state index is 10.0. The molecule has 3 aliphatic rings. The lowest BCUT2D eigenvalue weighted by atomic mass is 9.49. The summed E-state index contributed by atoms with van der Waals surface area (Å²) in [6, 6.07) is 0. The Hall–Kier alpha value is 0.240. The highest BCUT2D eigenvalue weighted by molar-refractivity contribution is 6.56. The zero-order valence-corrected chi connectivity index (χ0v) is 16.7. The Balaban J connectivity index is 1.87. The topological polar surface area (TPSA) is 40.5 Å². The van der Waals surface area contributed by atoms with Crippen LogP contribution in [-0.4, -0.2) is 22.9 Å². The van der Waals surface area contributed by atoms with Gasteiger partial charge in [-0.15, -0.1) is 0 Å². The lowest BCUT2D eigenvalue weighted by Gasteiger charge is -2.56. The van der Waals surface area contributed by atoms with Gasteiger partial charge in [0.2, 0.25) is 0 Å². The Kier molecular flexibility index (Phi) is 5.35. The molecule has 0 saturated heterocycles. The maximum Gasteiger partial charge on any atom is 0.106 e. The second-order valence-electron chi connectivity index (χ2n) is 9.12. The van der Waals surface area contributed by atoms with E-state index < -0.39 is 0 Å². The predicted octanol–water partition coefficient (Wildman–Crippen LogP) is 5.30. The van der Waals surface area contributed by atoms with E-state index in [0.717, 1.165) is 32.1 Å². The number of aliphatic hydroxyl groups is 2. The fourth-order valence-corrected chi connectivity index (χ4v) is 7.34. The van der Waals surface area contributed by atoms with Gasteiger partial charge in [-0.3, -0.25) is 0 Å². The molecule has 3 aliphatic carbocycles. The lowest BCUT2D eigenvalue weighted by molar-refractivity contribution is -0.0897. The lowest BCUT2D eigenvalue weighted by Crippen LogP contribution is -2.50. The van der Waals surface area contributed by atoms with Gasteiger partial charge < -0.3 is 10.2 Å². The monoisotopic (exact) mass is 374 g/mol. The number of aliphatic hydroxyl groups excluding tert-OH is 2. The van der Waals surface area contributed by atoms with Gasteiger partial charge in [-0.05, 0) is 85.0 Å². The summed E-state index contributed by atoms with van der Waals surface area (Å²) in [5, 5.41) is 20.0. The standard InChI is InChI=1S/C20H32Cl2O2/c1-12-15-4-5-17(18(21)22)20(15,3)9-7-16(12)19(2)8-6-14(24)10-13(19)11-23/h12-16,23-24H,4-11H2,1-3H3/t12-,13-,14+,15?,16?,19+,20+/m1/s1. The molecule has 138 valence electrons. The molecule has 2 nitrogen and oxygen atoms in total. The third-order valence-corrected chi connectivity index (χ3v) is 8.71. The maximum absolute atomic E-state index is 10.0. The summed E-state index contributed by atoms with van der Waals surface area (Å²) >= 11 is 12.4. The number of rotatable bonds is 2. The van der Waals surface area contributed by atoms with Gasteiger partial charge in [0.05, 0.1) is 6.10 Å². The summed E-state index contributed by atoms with van der Waals surface area (Å²) in [5.41, 5.74) is 1.55. The van der Waals surface area contributed by atoms with E-state index >= 15 is 0 Å². The van der Waals surface area contributed by atoms with Crippen LogP contribution in [0.2, 0.25) is 0 Å². The molecule has 7 atom stereocenters. The van der Waals surface area contributed by atoms with Crippen molar-refractivity contribution in [1.29, 1.82) is 0 Å². The smallest absolute Gasteiger partial charge is 0.106 e. The molecule has 0 radical (unpaired) electrons. The molecular weight excluding hydrogens is 343 g/mol. The summed E-state index contributed by atoms with van der Waals surface area (Å²) in [6.45, 7) is 7.32. The molecule has 2 unspecified atom stereocenters. The Morgan fingerprint density at radius 2 is 1.83 bits per heavy atom. The molecule has 0 aliphatic heterocycles. The molecule has 0 spiro atoms. The molecule has 0 aromatic rings. The molecule has 0 aromatic carbocycles. The van der Waals surface area contributed by atoms with E-state index in [-0.39, 0.29) is 29.5 Å². The summed E-state index contributed by atoms with van der Waals surface area (Å²) < 4.78 is 0.492. The van der Waals surface area contributed by atoms with Crippen LogP contribution in [0.1, 0.15) is 65.7 Å². The Bertz CT molecular complexity index is 516. The Morgan fingerprint density at radius 3 is 2.46 bits per heavy atom. The summed E-state index contributed by atoms with van der Waals surface area (Å²) in [4.78, 5) is 0. The average Bonchev–Trinajstić information content (AvgIpc) is 2.88. The predicted molar refractivity (Wildman–Crippen MR) is 100.0 cm³/mol. The van der Waals surface area contributed by atoms with Crippen LogP contribution < -0.4 is 0 Å². The van der Waals surface area contributed by atoms with Crippen molar-refractivity contribution >= 4 is 23.2 Å². The van der Waals surface area contributed by atoms with E-state index in [1.807, 2.05) is 0 Å². The van der Waals surface area contributed by atoms with Gasteiger partial charge in [0.25, 0.3) is 0 Å². The van der Waals surface area contributed by atoms with Crippen LogP contribution in [0, 0.1) is 34.5 Å². The van der Waals surface area contributed by atoms with E-state index in [4.69, 9.17) is 23.2 Å². The average molecular weight is 375 g/mol. The van der Waals surface area contributed by atoms with Crippen LogP contribution in [0.15, 0.2) is 10.1 Å². The van der Waals surface area contributed by atoms with Gasteiger partial charge in [0.1, 0.15) is 4.49 Å². The van der Waals surface area contributed by atoms with E-state index in [2.05, 4.69) is 20.8 Å². The van der Waals surface area contributed by atoms with Gasteiger partial charge in [-0.1, -0.05) is 44.0 Å². The Labute approximate surface area is 156 Å². The van der Waals surface area contributed by atoms with Crippen LogP contribution in [0.25, 0.3) is 0 Å². The quantitative estimate of drug-likeness (QED) is 0.688. The number of halogens is 2. The Morgan fingerprint density at radius 1 is 1.12 bits per heavy atom. The fourth-order valence-electron chi connectivity index (χ4n) is 6.71. The first-order valence-electron chi connectivity index (χ1n) is 9.57. The van der Waals surface area contributed by atoms with Gasteiger partial charge in [0, 0.05) is 6.61 Å². The van der Waals surface area contributed by atoms with Crippen molar-refractivity contribution in [1.82, 2.24) is 0 Å². The second-order valence-corrected chi connectivity index (χ2v) is 10.1. The van der Waals surface area contributed by atoms with Crippen molar-refractivity contribution in [2.24, 2.45) is 34.5 Å². The zero-order chi connectivity index (χ0) is 17.7. The molecule has 3 fully saturated rings.